The first-order valence-electron chi connectivity index (χ1n) is 12.5. The number of nitrogens with one attached hydrogen (secondary N) is 1. The number of hydrogen-bond donors (Lipinski definition) is 2. The standard InChI is InChI=1S/C32H34N2O2/c1-24(34-21-20-30(26-10-4-2-5-11-26)27-12-6-3-7-13-27)22-25-16-18-29(19-17-25)36-23-28-14-8-9-15-31(28)32(33)35/h2-19,24,30,34H,20-23H2,1H3,(H2,33,35). The molecule has 0 aromatic heterocycles. The van der Waals surface area contributed by atoms with Crippen molar-refractivity contribution in [2.75, 3.05) is 6.54 Å². The lowest BCUT2D eigenvalue weighted by atomic mass is 9.88. The zero-order valence-corrected chi connectivity index (χ0v) is 20.8. The van der Waals surface area contributed by atoms with Gasteiger partial charge in [0.1, 0.15) is 12.4 Å². The number of amides is 1. The highest BCUT2D eigenvalue weighted by molar-refractivity contribution is 5.94. The molecule has 184 valence electrons. The van der Waals surface area contributed by atoms with Crippen molar-refractivity contribution in [1.29, 1.82) is 0 Å². The Bertz CT molecular complexity index is 1180. The van der Waals surface area contributed by atoms with E-state index in [-0.39, 0.29) is 0 Å². The highest BCUT2D eigenvalue weighted by atomic mass is 16.5. The Balaban J connectivity index is 1.27. The smallest absolute Gasteiger partial charge is 0.249 e. The fraction of sp³-hybridized carbons (Fsp3) is 0.219. The molecule has 1 atom stereocenters. The van der Waals surface area contributed by atoms with E-state index in [0.29, 0.717) is 24.1 Å². The largest absolute Gasteiger partial charge is 0.489 e. The van der Waals surface area contributed by atoms with E-state index < -0.39 is 5.91 Å². The number of carbonyl (C=O) groups is 1. The number of ether oxygens (including phenoxy) is 1. The summed E-state index contributed by atoms with van der Waals surface area (Å²) in [6.07, 6.45) is 1.98. The Labute approximate surface area is 214 Å². The van der Waals surface area contributed by atoms with Gasteiger partial charge in [0, 0.05) is 23.1 Å². The minimum atomic E-state index is -0.440. The van der Waals surface area contributed by atoms with E-state index in [1.165, 1.54) is 16.7 Å². The Hall–Kier alpha value is -3.89. The Morgan fingerprint density at radius 3 is 2.00 bits per heavy atom. The van der Waals surface area contributed by atoms with Gasteiger partial charge in [0.05, 0.1) is 0 Å². The zero-order valence-electron chi connectivity index (χ0n) is 20.8. The van der Waals surface area contributed by atoms with Crippen molar-refractivity contribution < 1.29 is 9.53 Å². The topological polar surface area (TPSA) is 64.3 Å². The first-order valence-corrected chi connectivity index (χ1v) is 12.5. The molecule has 1 amide bonds. The molecule has 4 rings (SSSR count). The molecular formula is C32H34N2O2. The average Bonchev–Trinajstić information content (AvgIpc) is 2.92. The van der Waals surface area contributed by atoms with Gasteiger partial charge in [0.2, 0.25) is 5.91 Å². The summed E-state index contributed by atoms with van der Waals surface area (Å²) in [7, 11) is 0. The molecule has 4 heteroatoms. The van der Waals surface area contributed by atoms with Crippen LogP contribution < -0.4 is 15.8 Å². The fourth-order valence-corrected chi connectivity index (χ4v) is 4.57. The second-order valence-electron chi connectivity index (χ2n) is 9.18. The first kappa shape index (κ1) is 25.2. The van der Waals surface area contributed by atoms with E-state index in [0.717, 1.165) is 30.7 Å². The molecule has 0 aliphatic carbocycles. The lowest BCUT2D eigenvalue weighted by molar-refractivity contribution is 0.0998. The number of carbonyl (C=O) groups excluding carboxylic acids is 1. The van der Waals surface area contributed by atoms with E-state index in [1.54, 1.807) is 12.1 Å². The minimum Gasteiger partial charge on any atom is -0.489 e. The third-order valence-corrected chi connectivity index (χ3v) is 6.47. The lowest BCUT2D eigenvalue weighted by Gasteiger charge is -2.20. The molecule has 0 saturated heterocycles. The van der Waals surface area contributed by atoms with Crippen LogP contribution in [0.4, 0.5) is 0 Å². The fourth-order valence-electron chi connectivity index (χ4n) is 4.57. The molecule has 0 bridgehead atoms. The average molecular weight is 479 g/mol. The predicted octanol–water partition coefficient (Wildman–Crippen LogP) is 6.11. The Morgan fingerprint density at radius 2 is 1.39 bits per heavy atom. The van der Waals surface area contributed by atoms with Gasteiger partial charge in [0.25, 0.3) is 0 Å². The van der Waals surface area contributed by atoms with Gasteiger partial charge >= 0.3 is 0 Å². The van der Waals surface area contributed by atoms with Gasteiger partial charge in [-0.2, -0.15) is 0 Å². The molecule has 0 radical (unpaired) electrons. The quantitative estimate of drug-likeness (QED) is 0.258. The molecule has 4 nitrogen and oxygen atoms in total. The van der Waals surface area contributed by atoms with Gasteiger partial charge in [-0.15, -0.1) is 0 Å². The second-order valence-corrected chi connectivity index (χ2v) is 9.18. The number of nitrogens with two attached hydrogens (primary N) is 1. The normalized spacial score (nSPS) is 11.8. The Morgan fingerprint density at radius 1 is 0.806 bits per heavy atom. The van der Waals surface area contributed by atoms with Crippen molar-refractivity contribution in [2.24, 2.45) is 5.73 Å². The van der Waals surface area contributed by atoms with Crippen LogP contribution in [-0.2, 0) is 13.0 Å². The molecule has 0 spiro atoms. The summed E-state index contributed by atoms with van der Waals surface area (Å²) >= 11 is 0. The van der Waals surface area contributed by atoms with E-state index in [9.17, 15) is 4.79 Å². The minimum absolute atomic E-state index is 0.306. The molecular weight excluding hydrogens is 444 g/mol. The molecule has 0 saturated carbocycles. The van der Waals surface area contributed by atoms with Crippen LogP contribution in [0.3, 0.4) is 0 Å². The molecule has 0 fully saturated rings. The van der Waals surface area contributed by atoms with E-state index in [4.69, 9.17) is 10.5 Å². The summed E-state index contributed by atoms with van der Waals surface area (Å²) in [5.74, 6) is 0.709. The summed E-state index contributed by atoms with van der Waals surface area (Å²) < 4.78 is 5.89. The maximum atomic E-state index is 11.6. The van der Waals surface area contributed by atoms with Crippen molar-refractivity contribution in [1.82, 2.24) is 5.32 Å². The predicted molar refractivity (Wildman–Crippen MR) is 146 cm³/mol. The van der Waals surface area contributed by atoms with Gasteiger partial charge < -0.3 is 15.8 Å². The molecule has 3 N–H and O–H groups in total. The van der Waals surface area contributed by atoms with Crippen LogP contribution in [-0.4, -0.2) is 18.5 Å². The number of rotatable bonds is 12. The molecule has 0 aliphatic heterocycles. The summed E-state index contributed by atoms with van der Waals surface area (Å²) in [6, 6.07) is 37.3. The van der Waals surface area contributed by atoms with Crippen LogP contribution in [0.1, 0.15) is 51.9 Å². The molecule has 0 heterocycles. The van der Waals surface area contributed by atoms with Crippen LogP contribution >= 0.6 is 0 Å². The van der Waals surface area contributed by atoms with Gasteiger partial charge in [0.15, 0.2) is 0 Å². The third kappa shape index (κ3) is 7.06. The molecule has 4 aromatic carbocycles. The van der Waals surface area contributed by atoms with Crippen molar-refractivity contribution in [3.63, 3.8) is 0 Å². The molecule has 4 aromatic rings. The van der Waals surface area contributed by atoms with Crippen LogP contribution in [0.25, 0.3) is 0 Å². The lowest BCUT2D eigenvalue weighted by Crippen LogP contribution is -2.30. The van der Waals surface area contributed by atoms with Crippen molar-refractivity contribution in [3.8, 4) is 5.75 Å². The van der Waals surface area contributed by atoms with Crippen LogP contribution in [0.5, 0.6) is 5.75 Å². The monoisotopic (exact) mass is 478 g/mol. The van der Waals surface area contributed by atoms with Crippen LogP contribution in [0.15, 0.2) is 109 Å². The van der Waals surface area contributed by atoms with E-state index >= 15 is 0 Å². The Kier molecular flexibility index (Phi) is 8.90. The summed E-state index contributed by atoms with van der Waals surface area (Å²) in [6.45, 7) is 3.47. The highest BCUT2D eigenvalue weighted by Gasteiger charge is 2.14. The summed E-state index contributed by atoms with van der Waals surface area (Å²) in [5.41, 5.74) is 10.7. The van der Waals surface area contributed by atoms with E-state index in [1.807, 2.05) is 24.3 Å². The van der Waals surface area contributed by atoms with Crippen LogP contribution in [0.2, 0.25) is 0 Å². The maximum absolute atomic E-state index is 11.6. The van der Waals surface area contributed by atoms with Gasteiger partial charge in [-0.1, -0.05) is 91.0 Å². The summed E-state index contributed by atoms with van der Waals surface area (Å²) in [4.78, 5) is 11.6. The third-order valence-electron chi connectivity index (χ3n) is 6.47. The molecule has 0 aliphatic rings. The number of primary amides is 1. The van der Waals surface area contributed by atoms with Crippen molar-refractivity contribution in [2.45, 2.75) is 38.3 Å². The van der Waals surface area contributed by atoms with Gasteiger partial charge in [-0.05, 0) is 61.2 Å². The highest BCUT2D eigenvalue weighted by Crippen LogP contribution is 2.27. The van der Waals surface area contributed by atoms with Gasteiger partial charge in [-0.3, -0.25) is 4.79 Å². The van der Waals surface area contributed by atoms with E-state index in [2.05, 4.69) is 85.0 Å². The van der Waals surface area contributed by atoms with Gasteiger partial charge in [-0.25, -0.2) is 0 Å². The first-order chi connectivity index (χ1) is 17.6. The maximum Gasteiger partial charge on any atom is 0.249 e. The van der Waals surface area contributed by atoms with Crippen LogP contribution in [0, 0.1) is 0 Å². The molecule has 36 heavy (non-hydrogen) atoms. The number of benzene rings is 4. The van der Waals surface area contributed by atoms with Crippen molar-refractivity contribution in [3.05, 3.63) is 137 Å². The van der Waals surface area contributed by atoms with Crippen molar-refractivity contribution >= 4 is 5.91 Å². The summed E-state index contributed by atoms with van der Waals surface area (Å²) in [5, 5.41) is 3.70. The number of hydrogen-bond acceptors (Lipinski definition) is 3. The second kappa shape index (κ2) is 12.7. The zero-order chi connectivity index (χ0) is 25.2. The SMILES string of the molecule is CC(Cc1ccc(OCc2ccccc2C(N)=O)cc1)NCCC(c1ccccc1)c1ccccc1. The molecule has 1 unspecified atom stereocenters.